The molecule has 132 valence electrons. The van der Waals surface area contributed by atoms with E-state index in [4.69, 9.17) is 4.74 Å². The van der Waals surface area contributed by atoms with Crippen molar-refractivity contribution in [2.24, 2.45) is 0 Å². The molecule has 0 N–H and O–H groups in total. The van der Waals surface area contributed by atoms with Crippen molar-refractivity contribution < 1.29 is 13.9 Å². The lowest BCUT2D eigenvalue weighted by Crippen LogP contribution is -2.38. The Morgan fingerprint density at radius 3 is 2.81 bits per heavy atom. The van der Waals surface area contributed by atoms with Crippen LogP contribution in [0.2, 0.25) is 0 Å². The van der Waals surface area contributed by atoms with Gasteiger partial charge in [0.1, 0.15) is 24.5 Å². The van der Waals surface area contributed by atoms with Crippen LogP contribution in [0.3, 0.4) is 0 Å². The summed E-state index contributed by atoms with van der Waals surface area (Å²) in [4.78, 5) is 14.5. The van der Waals surface area contributed by atoms with E-state index in [0.29, 0.717) is 30.2 Å². The van der Waals surface area contributed by atoms with Crippen molar-refractivity contribution in [2.45, 2.75) is 13.5 Å². The highest BCUT2D eigenvalue weighted by Gasteiger charge is 2.25. The molecular formula is C19H17FN4O2. The topological polar surface area (TPSA) is 60.2 Å². The normalized spacial score (nSPS) is 13.2. The highest BCUT2D eigenvalue weighted by molar-refractivity contribution is 6.07. The number of halogens is 1. The van der Waals surface area contributed by atoms with Crippen molar-refractivity contribution in [2.75, 3.05) is 18.1 Å². The quantitative estimate of drug-likeness (QED) is 0.727. The summed E-state index contributed by atoms with van der Waals surface area (Å²) >= 11 is 0. The third-order valence-corrected chi connectivity index (χ3v) is 4.38. The average Bonchev–Trinajstić information content (AvgIpc) is 3.15. The second kappa shape index (κ2) is 6.59. The third-order valence-electron chi connectivity index (χ3n) is 4.38. The van der Waals surface area contributed by atoms with E-state index in [0.717, 1.165) is 17.9 Å². The van der Waals surface area contributed by atoms with Gasteiger partial charge >= 0.3 is 0 Å². The molecule has 0 spiro atoms. The van der Waals surface area contributed by atoms with E-state index in [9.17, 15) is 9.18 Å². The summed E-state index contributed by atoms with van der Waals surface area (Å²) in [6, 6.07) is 11.4. The molecule has 0 fully saturated rings. The van der Waals surface area contributed by atoms with Gasteiger partial charge in [-0.2, -0.15) is 0 Å². The van der Waals surface area contributed by atoms with E-state index >= 15 is 0 Å². The Bertz CT molecular complexity index is 952. The van der Waals surface area contributed by atoms with Gasteiger partial charge < -0.3 is 14.2 Å². The number of fused-ring (bicyclic) bond motifs is 1. The Labute approximate surface area is 149 Å². The number of benzene rings is 2. The molecule has 0 saturated carbocycles. The summed E-state index contributed by atoms with van der Waals surface area (Å²) < 4.78 is 20.8. The number of hydrogen-bond donors (Lipinski definition) is 0. The number of nitrogens with zero attached hydrogens (tertiary/aromatic N) is 4. The monoisotopic (exact) mass is 352 g/mol. The van der Waals surface area contributed by atoms with Gasteiger partial charge in [0.05, 0.1) is 12.2 Å². The predicted octanol–water partition coefficient (Wildman–Crippen LogP) is 3.14. The van der Waals surface area contributed by atoms with Crippen LogP contribution in [0.15, 0.2) is 48.8 Å². The van der Waals surface area contributed by atoms with Crippen LogP contribution in [0, 0.1) is 5.82 Å². The fraction of sp³-hybridized carbons (Fsp3) is 0.211. The van der Waals surface area contributed by atoms with Gasteiger partial charge in [-0.3, -0.25) is 4.79 Å². The number of rotatable bonds is 3. The van der Waals surface area contributed by atoms with E-state index in [-0.39, 0.29) is 11.7 Å². The molecule has 0 saturated heterocycles. The SMILES string of the molecule is CCn1cnnc1-c1ccc(C(=O)N2CCOc3cc(F)ccc32)cc1. The molecule has 1 amide bonds. The smallest absolute Gasteiger partial charge is 0.258 e. The van der Waals surface area contributed by atoms with Gasteiger partial charge in [-0.25, -0.2) is 4.39 Å². The van der Waals surface area contributed by atoms with Crippen molar-refractivity contribution in [1.82, 2.24) is 14.8 Å². The van der Waals surface area contributed by atoms with Crippen molar-refractivity contribution in [3.8, 4) is 17.1 Å². The zero-order valence-electron chi connectivity index (χ0n) is 14.2. The van der Waals surface area contributed by atoms with Gasteiger partial charge in [-0.1, -0.05) is 12.1 Å². The molecule has 1 aromatic heterocycles. The minimum absolute atomic E-state index is 0.148. The lowest BCUT2D eigenvalue weighted by atomic mass is 10.1. The largest absolute Gasteiger partial charge is 0.489 e. The van der Waals surface area contributed by atoms with Crippen LogP contribution in [-0.4, -0.2) is 33.8 Å². The molecule has 0 aliphatic carbocycles. The molecule has 0 radical (unpaired) electrons. The Hall–Kier alpha value is -3.22. The molecule has 6 nitrogen and oxygen atoms in total. The molecule has 4 rings (SSSR count). The number of anilines is 1. The molecule has 1 aliphatic rings. The summed E-state index contributed by atoms with van der Waals surface area (Å²) in [6.07, 6.45) is 1.68. The van der Waals surface area contributed by atoms with E-state index in [2.05, 4.69) is 10.2 Å². The Morgan fingerprint density at radius 2 is 2.04 bits per heavy atom. The van der Waals surface area contributed by atoms with Crippen LogP contribution in [0.1, 0.15) is 17.3 Å². The van der Waals surface area contributed by atoms with Crippen LogP contribution >= 0.6 is 0 Å². The summed E-state index contributed by atoms with van der Waals surface area (Å²) in [6.45, 7) is 3.54. The molecule has 0 bridgehead atoms. The van der Waals surface area contributed by atoms with Gasteiger partial charge in [-0.15, -0.1) is 10.2 Å². The van der Waals surface area contributed by atoms with Crippen LogP contribution < -0.4 is 9.64 Å². The summed E-state index contributed by atoms with van der Waals surface area (Å²) in [5.41, 5.74) is 2.02. The van der Waals surface area contributed by atoms with Crippen LogP contribution in [0.25, 0.3) is 11.4 Å². The first-order chi connectivity index (χ1) is 12.7. The molecule has 2 heterocycles. The molecule has 26 heavy (non-hydrogen) atoms. The number of aryl methyl sites for hydroxylation is 1. The first-order valence-electron chi connectivity index (χ1n) is 8.40. The maximum absolute atomic E-state index is 13.4. The predicted molar refractivity (Wildman–Crippen MR) is 94.7 cm³/mol. The molecule has 1 aliphatic heterocycles. The molecule has 0 atom stereocenters. The first-order valence-corrected chi connectivity index (χ1v) is 8.40. The number of hydrogen-bond acceptors (Lipinski definition) is 4. The fourth-order valence-electron chi connectivity index (χ4n) is 3.03. The van der Waals surface area contributed by atoms with E-state index in [1.54, 1.807) is 29.4 Å². The molecular weight excluding hydrogens is 335 g/mol. The third kappa shape index (κ3) is 2.81. The summed E-state index contributed by atoms with van der Waals surface area (Å²) in [7, 11) is 0. The average molecular weight is 352 g/mol. The number of aromatic nitrogens is 3. The van der Waals surface area contributed by atoms with Gasteiger partial charge in [0.2, 0.25) is 0 Å². The minimum atomic E-state index is -0.387. The Morgan fingerprint density at radius 1 is 1.23 bits per heavy atom. The van der Waals surface area contributed by atoms with Gasteiger partial charge in [0.15, 0.2) is 5.82 Å². The van der Waals surface area contributed by atoms with Crippen molar-refractivity contribution >= 4 is 11.6 Å². The number of amides is 1. The second-order valence-electron chi connectivity index (χ2n) is 5.94. The lowest BCUT2D eigenvalue weighted by Gasteiger charge is -2.29. The molecule has 3 aromatic rings. The maximum atomic E-state index is 13.4. The standard InChI is InChI=1S/C19H17FN4O2/c1-2-23-12-21-22-18(23)13-3-5-14(6-4-13)19(25)24-9-10-26-17-11-15(20)7-8-16(17)24/h3-8,11-12H,2,9-10H2,1H3. The zero-order valence-corrected chi connectivity index (χ0v) is 14.2. The van der Waals surface area contributed by atoms with Crippen LogP contribution in [0.4, 0.5) is 10.1 Å². The summed E-state index contributed by atoms with van der Waals surface area (Å²) in [5.74, 6) is 0.614. The number of carbonyl (C=O) groups is 1. The van der Waals surface area contributed by atoms with Crippen LogP contribution in [-0.2, 0) is 6.54 Å². The first kappa shape index (κ1) is 16.3. The van der Waals surface area contributed by atoms with E-state index in [1.807, 2.05) is 23.6 Å². The number of carbonyl (C=O) groups excluding carboxylic acids is 1. The molecule has 0 unspecified atom stereocenters. The van der Waals surface area contributed by atoms with Crippen molar-refractivity contribution in [3.63, 3.8) is 0 Å². The highest BCUT2D eigenvalue weighted by Crippen LogP contribution is 2.33. The molecule has 2 aromatic carbocycles. The van der Waals surface area contributed by atoms with Gasteiger partial charge in [-0.05, 0) is 31.2 Å². The van der Waals surface area contributed by atoms with Gasteiger partial charge in [0, 0.05) is 23.7 Å². The van der Waals surface area contributed by atoms with Crippen molar-refractivity contribution in [1.29, 1.82) is 0 Å². The zero-order chi connectivity index (χ0) is 18.1. The minimum Gasteiger partial charge on any atom is -0.489 e. The maximum Gasteiger partial charge on any atom is 0.258 e. The van der Waals surface area contributed by atoms with E-state index in [1.165, 1.54) is 12.1 Å². The Balaban J connectivity index is 1.62. The fourth-order valence-corrected chi connectivity index (χ4v) is 3.03. The number of ether oxygens (including phenoxy) is 1. The second-order valence-corrected chi connectivity index (χ2v) is 5.94. The van der Waals surface area contributed by atoms with Crippen LogP contribution in [0.5, 0.6) is 5.75 Å². The van der Waals surface area contributed by atoms with Crippen molar-refractivity contribution in [3.05, 3.63) is 60.2 Å². The molecule has 7 heteroatoms. The lowest BCUT2D eigenvalue weighted by molar-refractivity contribution is 0.0976. The Kier molecular flexibility index (Phi) is 4.12. The van der Waals surface area contributed by atoms with Gasteiger partial charge in [0.25, 0.3) is 5.91 Å². The highest BCUT2D eigenvalue weighted by atomic mass is 19.1. The summed E-state index contributed by atoms with van der Waals surface area (Å²) in [5, 5.41) is 8.05. The van der Waals surface area contributed by atoms with E-state index < -0.39 is 0 Å².